The molecule has 0 atom stereocenters. The first-order valence-electron chi connectivity index (χ1n) is 7.18. The predicted molar refractivity (Wildman–Crippen MR) is 80.2 cm³/mol. The van der Waals surface area contributed by atoms with E-state index in [1.165, 1.54) is 0 Å². The number of nitrogens with one attached hydrogen (secondary N) is 1. The first-order valence-corrected chi connectivity index (χ1v) is 7.18. The SMILES string of the molecule is COc1ncccc1-c1nc(N2CCC(CN)CC2)n[nH]1. The van der Waals surface area contributed by atoms with Gasteiger partial charge in [-0.05, 0) is 37.4 Å². The molecule has 3 N–H and O–H groups in total. The minimum absolute atomic E-state index is 0.544. The number of anilines is 1. The molecule has 1 aliphatic heterocycles. The van der Waals surface area contributed by atoms with Gasteiger partial charge in [0.2, 0.25) is 11.8 Å². The minimum atomic E-state index is 0.544. The molecular weight excluding hydrogens is 268 g/mol. The van der Waals surface area contributed by atoms with Crippen LogP contribution >= 0.6 is 0 Å². The molecule has 2 aromatic heterocycles. The van der Waals surface area contributed by atoms with Gasteiger partial charge in [-0.25, -0.2) is 4.98 Å². The van der Waals surface area contributed by atoms with Gasteiger partial charge >= 0.3 is 0 Å². The van der Waals surface area contributed by atoms with E-state index >= 15 is 0 Å². The molecule has 0 bridgehead atoms. The van der Waals surface area contributed by atoms with E-state index in [1.807, 2.05) is 12.1 Å². The third-order valence-corrected chi connectivity index (χ3v) is 3.92. The molecule has 1 aliphatic rings. The summed E-state index contributed by atoms with van der Waals surface area (Å²) in [6, 6.07) is 3.77. The van der Waals surface area contributed by atoms with Crippen LogP contribution in [0.4, 0.5) is 5.95 Å². The van der Waals surface area contributed by atoms with Gasteiger partial charge in [-0.2, -0.15) is 4.98 Å². The summed E-state index contributed by atoms with van der Waals surface area (Å²) in [5.74, 6) is 2.57. The highest BCUT2D eigenvalue weighted by Crippen LogP contribution is 2.26. The van der Waals surface area contributed by atoms with Crippen LogP contribution in [0.2, 0.25) is 0 Å². The molecule has 0 unspecified atom stereocenters. The lowest BCUT2D eigenvalue weighted by atomic mass is 9.97. The number of nitrogens with two attached hydrogens (primary N) is 1. The van der Waals surface area contributed by atoms with Gasteiger partial charge in [-0.3, -0.25) is 5.10 Å². The highest BCUT2D eigenvalue weighted by atomic mass is 16.5. The van der Waals surface area contributed by atoms with Crippen LogP contribution in [-0.4, -0.2) is 46.9 Å². The summed E-state index contributed by atoms with van der Waals surface area (Å²) in [5.41, 5.74) is 6.54. The second-order valence-electron chi connectivity index (χ2n) is 5.21. The average molecular weight is 288 g/mol. The van der Waals surface area contributed by atoms with Crippen LogP contribution in [0.15, 0.2) is 18.3 Å². The molecule has 7 nitrogen and oxygen atoms in total. The van der Waals surface area contributed by atoms with Crippen LogP contribution < -0.4 is 15.4 Å². The zero-order valence-corrected chi connectivity index (χ0v) is 12.1. The fourth-order valence-electron chi connectivity index (χ4n) is 2.62. The van der Waals surface area contributed by atoms with Crippen molar-refractivity contribution in [3.05, 3.63) is 18.3 Å². The molecule has 21 heavy (non-hydrogen) atoms. The van der Waals surface area contributed by atoms with Gasteiger partial charge in [0.25, 0.3) is 0 Å². The Morgan fingerprint density at radius 3 is 2.95 bits per heavy atom. The third-order valence-electron chi connectivity index (χ3n) is 3.92. The van der Waals surface area contributed by atoms with E-state index in [1.54, 1.807) is 13.3 Å². The van der Waals surface area contributed by atoms with Gasteiger partial charge in [-0.15, -0.1) is 5.10 Å². The van der Waals surface area contributed by atoms with E-state index in [0.29, 0.717) is 17.6 Å². The number of rotatable bonds is 4. The second-order valence-corrected chi connectivity index (χ2v) is 5.21. The Morgan fingerprint density at radius 2 is 2.24 bits per heavy atom. The Hall–Kier alpha value is -2.15. The number of aromatic amines is 1. The Balaban J connectivity index is 1.78. The van der Waals surface area contributed by atoms with E-state index in [-0.39, 0.29) is 0 Å². The van der Waals surface area contributed by atoms with Crippen molar-refractivity contribution in [2.75, 3.05) is 31.6 Å². The van der Waals surface area contributed by atoms with Crippen molar-refractivity contribution in [1.82, 2.24) is 20.2 Å². The van der Waals surface area contributed by atoms with Crippen molar-refractivity contribution in [2.24, 2.45) is 11.7 Å². The molecule has 0 radical (unpaired) electrons. The molecule has 3 rings (SSSR count). The summed E-state index contributed by atoms with van der Waals surface area (Å²) in [7, 11) is 1.60. The maximum Gasteiger partial charge on any atom is 0.245 e. The van der Waals surface area contributed by atoms with Crippen molar-refractivity contribution in [3.63, 3.8) is 0 Å². The van der Waals surface area contributed by atoms with Crippen molar-refractivity contribution in [2.45, 2.75) is 12.8 Å². The lowest BCUT2D eigenvalue weighted by molar-refractivity contribution is 0.399. The third kappa shape index (κ3) is 2.82. The molecule has 2 aromatic rings. The van der Waals surface area contributed by atoms with Crippen LogP contribution in [0.25, 0.3) is 11.4 Å². The monoisotopic (exact) mass is 288 g/mol. The fourth-order valence-corrected chi connectivity index (χ4v) is 2.62. The number of piperidine rings is 1. The fraction of sp³-hybridized carbons (Fsp3) is 0.500. The summed E-state index contributed by atoms with van der Waals surface area (Å²) in [4.78, 5) is 10.9. The summed E-state index contributed by atoms with van der Waals surface area (Å²) in [5, 5.41) is 7.29. The topological polar surface area (TPSA) is 93.0 Å². The normalized spacial score (nSPS) is 16.2. The zero-order chi connectivity index (χ0) is 14.7. The molecule has 7 heteroatoms. The van der Waals surface area contributed by atoms with Crippen LogP contribution in [0.5, 0.6) is 5.88 Å². The van der Waals surface area contributed by atoms with Crippen molar-refractivity contribution in [1.29, 1.82) is 0 Å². The molecule has 0 saturated carbocycles. The molecule has 1 saturated heterocycles. The molecule has 112 valence electrons. The van der Waals surface area contributed by atoms with Gasteiger partial charge in [0, 0.05) is 19.3 Å². The lowest BCUT2D eigenvalue weighted by Gasteiger charge is -2.30. The van der Waals surface area contributed by atoms with Crippen molar-refractivity contribution in [3.8, 4) is 17.3 Å². The standard InChI is InChI=1S/C14H20N6O/c1-21-13-11(3-2-6-16-13)12-17-14(19-18-12)20-7-4-10(9-15)5-8-20/h2-3,6,10H,4-5,7-9,15H2,1H3,(H,17,18,19). The van der Waals surface area contributed by atoms with Gasteiger partial charge in [0.1, 0.15) is 0 Å². The van der Waals surface area contributed by atoms with Crippen LogP contribution in [0.3, 0.4) is 0 Å². The Labute approximate surface area is 123 Å². The smallest absolute Gasteiger partial charge is 0.245 e. The van der Waals surface area contributed by atoms with Crippen molar-refractivity contribution >= 4 is 5.95 Å². The number of methoxy groups -OCH3 is 1. The quantitative estimate of drug-likeness (QED) is 0.873. The number of aromatic nitrogens is 4. The number of ether oxygens (including phenoxy) is 1. The number of pyridine rings is 1. The van der Waals surface area contributed by atoms with Crippen molar-refractivity contribution < 1.29 is 4.74 Å². The molecular formula is C14H20N6O. The summed E-state index contributed by atoms with van der Waals surface area (Å²) >= 11 is 0. The molecule has 0 aromatic carbocycles. The summed E-state index contributed by atoms with van der Waals surface area (Å²) in [6.45, 7) is 2.66. The maximum atomic E-state index is 5.72. The van der Waals surface area contributed by atoms with E-state index in [2.05, 4.69) is 25.1 Å². The van der Waals surface area contributed by atoms with Crippen LogP contribution in [0.1, 0.15) is 12.8 Å². The molecule has 1 fully saturated rings. The molecule has 3 heterocycles. The first kappa shape index (κ1) is 13.8. The predicted octanol–water partition coefficient (Wildman–Crippen LogP) is 1.05. The highest BCUT2D eigenvalue weighted by Gasteiger charge is 2.21. The Morgan fingerprint density at radius 1 is 1.43 bits per heavy atom. The van der Waals surface area contributed by atoms with Crippen LogP contribution in [-0.2, 0) is 0 Å². The number of hydrogen-bond acceptors (Lipinski definition) is 6. The molecule has 0 amide bonds. The number of H-pyrrole nitrogens is 1. The second kappa shape index (κ2) is 6.09. The first-order chi connectivity index (χ1) is 10.3. The van der Waals surface area contributed by atoms with E-state index in [0.717, 1.165) is 44.0 Å². The minimum Gasteiger partial charge on any atom is -0.480 e. The highest BCUT2D eigenvalue weighted by molar-refractivity contribution is 5.62. The van der Waals surface area contributed by atoms with Crippen LogP contribution in [0, 0.1) is 5.92 Å². The molecule has 0 aliphatic carbocycles. The van der Waals surface area contributed by atoms with Gasteiger partial charge in [0.05, 0.1) is 12.7 Å². The Bertz CT molecular complexity index is 591. The zero-order valence-electron chi connectivity index (χ0n) is 12.1. The maximum absolute atomic E-state index is 5.72. The summed E-state index contributed by atoms with van der Waals surface area (Å²) in [6.07, 6.45) is 3.88. The molecule has 0 spiro atoms. The van der Waals surface area contributed by atoms with Gasteiger partial charge in [0.15, 0.2) is 5.82 Å². The average Bonchev–Trinajstić information content (AvgIpc) is 3.04. The lowest BCUT2D eigenvalue weighted by Crippen LogP contribution is -2.36. The largest absolute Gasteiger partial charge is 0.480 e. The number of nitrogens with zero attached hydrogens (tertiary/aromatic N) is 4. The number of hydrogen-bond donors (Lipinski definition) is 2. The van der Waals surface area contributed by atoms with Gasteiger partial charge < -0.3 is 15.4 Å². The Kier molecular flexibility index (Phi) is 4.01. The van der Waals surface area contributed by atoms with E-state index in [4.69, 9.17) is 10.5 Å². The summed E-state index contributed by atoms with van der Waals surface area (Å²) < 4.78 is 5.26. The van der Waals surface area contributed by atoms with E-state index < -0.39 is 0 Å². The van der Waals surface area contributed by atoms with Gasteiger partial charge in [-0.1, -0.05) is 0 Å². The van der Waals surface area contributed by atoms with E-state index in [9.17, 15) is 0 Å².